The molecule has 0 radical (unpaired) electrons. The Kier molecular flexibility index (Phi) is 4.81. The maximum atomic E-state index is 12.0. The van der Waals surface area contributed by atoms with E-state index in [1.165, 1.54) is 0 Å². The third-order valence-electron chi connectivity index (χ3n) is 3.13. The standard InChI is InChI=1S/C13H17F3N4O/c1-20-11-5-3-2-4-10(11)18-12(20)6-9(19-17)7-21-8-13(14,15)16/h2-5,9,19H,6-8,17H2,1H3. The van der Waals surface area contributed by atoms with Gasteiger partial charge < -0.3 is 9.30 Å². The molecular weight excluding hydrogens is 285 g/mol. The van der Waals surface area contributed by atoms with Gasteiger partial charge in [-0.05, 0) is 12.1 Å². The van der Waals surface area contributed by atoms with E-state index < -0.39 is 18.8 Å². The van der Waals surface area contributed by atoms with Gasteiger partial charge in [-0.3, -0.25) is 11.3 Å². The first-order chi connectivity index (χ1) is 9.90. The molecule has 0 saturated carbocycles. The fourth-order valence-corrected chi connectivity index (χ4v) is 2.08. The Bertz CT molecular complexity index is 597. The van der Waals surface area contributed by atoms with Gasteiger partial charge in [0.2, 0.25) is 0 Å². The van der Waals surface area contributed by atoms with Crippen molar-refractivity contribution >= 4 is 11.0 Å². The molecule has 0 aliphatic rings. The summed E-state index contributed by atoms with van der Waals surface area (Å²) in [6, 6.07) is 7.15. The Morgan fingerprint density at radius 3 is 2.71 bits per heavy atom. The van der Waals surface area contributed by atoms with Crippen LogP contribution in [-0.4, -0.2) is 35.0 Å². The smallest absolute Gasteiger partial charge is 0.370 e. The van der Waals surface area contributed by atoms with Crippen molar-refractivity contribution in [2.75, 3.05) is 13.2 Å². The lowest BCUT2D eigenvalue weighted by Gasteiger charge is -2.16. The van der Waals surface area contributed by atoms with E-state index in [2.05, 4.69) is 15.1 Å². The van der Waals surface area contributed by atoms with Crippen molar-refractivity contribution in [2.24, 2.45) is 12.9 Å². The molecule has 1 atom stereocenters. The molecule has 8 heteroatoms. The van der Waals surface area contributed by atoms with E-state index in [1.807, 2.05) is 35.9 Å². The molecular formula is C13H17F3N4O. The third kappa shape index (κ3) is 4.16. The molecule has 0 aliphatic heterocycles. The van der Waals surface area contributed by atoms with Crippen LogP contribution in [0.15, 0.2) is 24.3 Å². The van der Waals surface area contributed by atoms with Crippen LogP contribution in [0.1, 0.15) is 5.82 Å². The summed E-state index contributed by atoms with van der Waals surface area (Å²) >= 11 is 0. The zero-order valence-corrected chi connectivity index (χ0v) is 11.5. The summed E-state index contributed by atoms with van der Waals surface area (Å²) in [5.41, 5.74) is 4.26. The molecule has 1 heterocycles. The number of nitrogens with zero attached hydrogens (tertiary/aromatic N) is 2. The highest BCUT2D eigenvalue weighted by Gasteiger charge is 2.28. The fraction of sp³-hybridized carbons (Fsp3) is 0.462. The monoisotopic (exact) mass is 302 g/mol. The molecule has 5 nitrogen and oxygen atoms in total. The summed E-state index contributed by atoms with van der Waals surface area (Å²) in [4.78, 5) is 4.45. The van der Waals surface area contributed by atoms with E-state index in [-0.39, 0.29) is 6.61 Å². The van der Waals surface area contributed by atoms with E-state index in [9.17, 15) is 13.2 Å². The largest absolute Gasteiger partial charge is 0.411 e. The highest BCUT2D eigenvalue weighted by molar-refractivity contribution is 5.75. The first kappa shape index (κ1) is 15.7. The zero-order valence-electron chi connectivity index (χ0n) is 11.5. The number of aromatic nitrogens is 2. The lowest BCUT2D eigenvalue weighted by Crippen LogP contribution is -2.41. The number of aryl methyl sites for hydroxylation is 1. The van der Waals surface area contributed by atoms with Crippen LogP contribution in [0.5, 0.6) is 0 Å². The third-order valence-corrected chi connectivity index (χ3v) is 3.13. The van der Waals surface area contributed by atoms with Gasteiger partial charge in [-0.25, -0.2) is 4.98 Å². The number of imidazole rings is 1. The molecule has 0 fully saturated rings. The lowest BCUT2D eigenvalue weighted by molar-refractivity contribution is -0.175. The molecule has 1 unspecified atom stereocenters. The number of hydrogen-bond acceptors (Lipinski definition) is 4. The number of para-hydroxylation sites is 2. The second kappa shape index (κ2) is 6.42. The van der Waals surface area contributed by atoms with E-state index in [0.717, 1.165) is 16.9 Å². The summed E-state index contributed by atoms with van der Waals surface area (Å²) in [5, 5.41) is 0. The number of hydrogen-bond donors (Lipinski definition) is 2. The SMILES string of the molecule is Cn1c(CC(COCC(F)(F)F)NN)nc2ccccc21. The van der Waals surface area contributed by atoms with Gasteiger partial charge in [0.1, 0.15) is 12.4 Å². The number of hydrazine groups is 1. The highest BCUT2D eigenvalue weighted by Crippen LogP contribution is 2.16. The molecule has 0 bridgehead atoms. The Balaban J connectivity index is 2.01. The van der Waals surface area contributed by atoms with E-state index in [4.69, 9.17) is 5.84 Å². The number of ether oxygens (including phenoxy) is 1. The Labute approximate surface area is 119 Å². The number of alkyl halides is 3. The van der Waals surface area contributed by atoms with Crippen molar-refractivity contribution in [1.29, 1.82) is 0 Å². The van der Waals surface area contributed by atoms with Crippen molar-refractivity contribution in [3.8, 4) is 0 Å². The average molecular weight is 302 g/mol. The minimum Gasteiger partial charge on any atom is -0.370 e. The maximum Gasteiger partial charge on any atom is 0.411 e. The molecule has 2 aromatic rings. The van der Waals surface area contributed by atoms with Gasteiger partial charge in [0.15, 0.2) is 0 Å². The molecule has 0 amide bonds. The van der Waals surface area contributed by atoms with Crippen molar-refractivity contribution in [2.45, 2.75) is 18.6 Å². The Hall–Kier alpha value is -1.64. The summed E-state index contributed by atoms with van der Waals surface area (Å²) in [5.74, 6) is 6.10. The molecule has 3 N–H and O–H groups in total. The van der Waals surface area contributed by atoms with Crippen molar-refractivity contribution < 1.29 is 17.9 Å². The Morgan fingerprint density at radius 1 is 1.38 bits per heavy atom. The van der Waals surface area contributed by atoms with Gasteiger partial charge in [-0.15, -0.1) is 0 Å². The van der Waals surface area contributed by atoms with Crippen LogP contribution in [0.4, 0.5) is 13.2 Å². The molecule has 1 aromatic heterocycles. The van der Waals surface area contributed by atoms with Gasteiger partial charge in [0.25, 0.3) is 0 Å². The van der Waals surface area contributed by atoms with Crippen LogP contribution < -0.4 is 11.3 Å². The number of nitrogens with one attached hydrogen (secondary N) is 1. The van der Waals surface area contributed by atoms with Gasteiger partial charge >= 0.3 is 6.18 Å². The van der Waals surface area contributed by atoms with Crippen LogP contribution in [0.3, 0.4) is 0 Å². The van der Waals surface area contributed by atoms with Gasteiger partial charge in [-0.1, -0.05) is 12.1 Å². The lowest BCUT2D eigenvalue weighted by atomic mass is 10.2. The van der Waals surface area contributed by atoms with Crippen LogP contribution in [0.25, 0.3) is 11.0 Å². The number of nitrogens with two attached hydrogens (primary N) is 1. The maximum absolute atomic E-state index is 12.0. The van der Waals surface area contributed by atoms with Crippen molar-refractivity contribution in [3.05, 3.63) is 30.1 Å². The number of rotatable bonds is 6. The second-order valence-corrected chi connectivity index (χ2v) is 4.77. The Morgan fingerprint density at radius 2 is 2.10 bits per heavy atom. The minimum atomic E-state index is -4.34. The summed E-state index contributed by atoms with van der Waals surface area (Å²) < 4.78 is 42.7. The first-order valence-electron chi connectivity index (χ1n) is 6.41. The van der Waals surface area contributed by atoms with E-state index >= 15 is 0 Å². The second-order valence-electron chi connectivity index (χ2n) is 4.77. The van der Waals surface area contributed by atoms with Crippen LogP contribution in [0, 0.1) is 0 Å². The summed E-state index contributed by atoms with van der Waals surface area (Å²) in [6.45, 7) is -1.42. The number of fused-ring (bicyclic) bond motifs is 1. The normalized spacial score (nSPS) is 13.8. The average Bonchev–Trinajstić information content (AvgIpc) is 2.73. The number of halogens is 3. The summed E-state index contributed by atoms with van der Waals surface area (Å²) in [7, 11) is 1.86. The topological polar surface area (TPSA) is 65.1 Å². The quantitative estimate of drug-likeness (QED) is 0.627. The molecule has 0 aliphatic carbocycles. The number of benzene rings is 1. The van der Waals surface area contributed by atoms with Gasteiger partial charge in [0, 0.05) is 13.5 Å². The van der Waals surface area contributed by atoms with Crippen LogP contribution in [0.2, 0.25) is 0 Å². The molecule has 1 aromatic carbocycles. The molecule has 21 heavy (non-hydrogen) atoms. The highest BCUT2D eigenvalue weighted by atomic mass is 19.4. The molecule has 116 valence electrons. The summed E-state index contributed by atoms with van der Waals surface area (Å²) in [6.07, 6.45) is -3.96. The first-order valence-corrected chi connectivity index (χ1v) is 6.41. The van der Waals surface area contributed by atoms with Crippen LogP contribution in [-0.2, 0) is 18.2 Å². The van der Waals surface area contributed by atoms with Gasteiger partial charge in [-0.2, -0.15) is 13.2 Å². The molecule has 0 saturated heterocycles. The van der Waals surface area contributed by atoms with Gasteiger partial charge in [0.05, 0.1) is 23.7 Å². The fourth-order valence-electron chi connectivity index (χ4n) is 2.08. The minimum absolute atomic E-state index is 0.140. The zero-order chi connectivity index (χ0) is 15.5. The molecule has 0 spiro atoms. The van der Waals surface area contributed by atoms with Crippen LogP contribution >= 0.6 is 0 Å². The molecule has 2 rings (SSSR count). The predicted molar refractivity (Wildman–Crippen MR) is 72.4 cm³/mol. The van der Waals surface area contributed by atoms with E-state index in [1.54, 1.807) is 0 Å². The van der Waals surface area contributed by atoms with Crippen molar-refractivity contribution in [1.82, 2.24) is 15.0 Å². The van der Waals surface area contributed by atoms with Crippen molar-refractivity contribution in [3.63, 3.8) is 0 Å². The predicted octanol–water partition coefficient (Wildman–Crippen LogP) is 1.53. The van der Waals surface area contributed by atoms with E-state index in [0.29, 0.717) is 6.42 Å².